The lowest BCUT2D eigenvalue weighted by Crippen LogP contribution is -2.45. The highest BCUT2D eigenvalue weighted by molar-refractivity contribution is 7.89. The molecule has 1 fully saturated rings. The maximum absolute atomic E-state index is 12.8. The quantitative estimate of drug-likeness (QED) is 0.856. The molecule has 1 aliphatic carbocycles. The standard InChI is InChI=1S/C14H20N2O3S/c17-9-8-16(12-2-1-3-12)20(18,19)13-4-5-14-11(10-13)6-7-15-14/h4-5,10,12,15,17H,1-3,6-9H2. The fourth-order valence-electron chi connectivity index (χ4n) is 2.85. The third-order valence-electron chi connectivity index (χ3n) is 4.20. The fourth-order valence-corrected chi connectivity index (χ4v) is 4.58. The predicted octanol–water partition coefficient (Wildman–Crippen LogP) is 1.19. The highest BCUT2D eigenvalue weighted by Gasteiger charge is 2.34. The van der Waals surface area contributed by atoms with Gasteiger partial charge in [-0.05, 0) is 43.0 Å². The van der Waals surface area contributed by atoms with E-state index in [0.29, 0.717) is 4.90 Å². The Morgan fingerprint density at radius 3 is 2.80 bits per heavy atom. The molecule has 0 amide bonds. The van der Waals surface area contributed by atoms with Crippen LogP contribution in [0.3, 0.4) is 0 Å². The number of aliphatic hydroxyl groups is 1. The second-order valence-corrected chi connectivity index (χ2v) is 7.31. The number of nitrogens with zero attached hydrogens (tertiary/aromatic N) is 1. The van der Waals surface area contributed by atoms with Crippen molar-refractivity contribution in [1.29, 1.82) is 0 Å². The van der Waals surface area contributed by atoms with Crippen molar-refractivity contribution in [2.45, 2.75) is 36.6 Å². The van der Waals surface area contributed by atoms with Crippen molar-refractivity contribution in [3.05, 3.63) is 23.8 Å². The van der Waals surface area contributed by atoms with Crippen molar-refractivity contribution in [3.8, 4) is 0 Å². The maximum atomic E-state index is 12.8. The number of aliphatic hydroxyl groups excluding tert-OH is 1. The number of hydrogen-bond acceptors (Lipinski definition) is 4. The Balaban J connectivity index is 1.93. The summed E-state index contributed by atoms with van der Waals surface area (Å²) in [6.45, 7) is 0.909. The highest BCUT2D eigenvalue weighted by atomic mass is 32.2. The Kier molecular flexibility index (Phi) is 3.70. The third-order valence-corrected chi connectivity index (χ3v) is 6.14. The first-order chi connectivity index (χ1) is 9.63. The number of hydrogen-bond donors (Lipinski definition) is 2. The van der Waals surface area contributed by atoms with Crippen LogP contribution in [0.2, 0.25) is 0 Å². The number of fused-ring (bicyclic) bond motifs is 1. The van der Waals surface area contributed by atoms with Gasteiger partial charge in [0.1, 0.15) is 0 Å². The molecule has 6 heteroatoms. The summed E-state index contributed by atoms with van der Waals surface area (Å²) >= 11 is 0. The summed E-state index contributed by atoms with van der Waals surface area (Å²) in [5.74, 6) is 0. The highest BCUT2D eigenvalue weighted by Crippen LogP contribution is 2.32. The van der Waals surface area contributed by atoms with Crippen molar-refractivity contribution in [1.82, 2.24) is 4.31 Å². The minimum absolute atomic E-state index is 0.0542. The van der Waals surface area contributed by atoms with Gasteiger partial charge in [-0.15, -0.1) is 0 Å². The normalized spacial score (nSPS) is 18.7. The van der Waals surface area contributed by atoms with Crippen molar-refractivity contribution in [2.24, 2.45) is 0 Å². The van der Waals surface area contributed by atoms with Gasteiger partial charge in [-0.3, -0.25) is 0 Å². The molecule has 2 aliphatic rings. The lowest BCUT2D eigenvalue weighted by atomic mass is 9.93. The number of nitrogens with one attached hydrogen (secondary N) is 1. The van der Waals surface area contributed by atoms with E-state index in [2.05, 4.69) is 5.32 Å². The van der Waals surface area contributed by atoms with Gasteiger partial charge < -0.3 is 10.4 Å². The van der Waals surface area contributed by atoms with Crippen LogP contribution in [0.1, 0.15) is 24.8 Å². The maximum Gasteiger partial charge on any atom is 0.243 e. The van der Waals surface area contributed by atoms with Crippen LogP contribution in [0.4, 0.5) is 5.69 Å². The SMILES string of the molecule is O=S(=O)(c1ccc2c(c1)CCN2)N(CCO)C1CCC1. The third kappa shape index (κ3) is 2.32. The van der Waals surface area contributed by atoms with Crippen LogP contribution in [-0.2, 0) is 16.4 Å². The molecule has 1 saturated carbocycles. The molecule has 0 unspecified atom stereocenters. The van der Waals surface area contributed by atoms with Gasteiger partial charge in [0.2, 0.25) is 10.0 Å². The second kappa shape index (κ2) is 5.35. The zero-order valence-electron chi connectivity index (χ0n) is 11.4. The molecule has 0 atom stereocenters. The van der Waals surface area contributed by atoms with E-state index in [1.807, 2.05) is 6.07 Å². The van der Waals surface area contributed by atoms with Crippen LogP contribution in [0.5, 0.6) is 0 Å². The Morgan fingerprint density at radius 2 is 2.15 bits per heavy atom. The topological polar surface area (TPSA) is 69.6 Å². The van der Waals surface area contributed by atoms with E-state index in [1.54, 1.807) is 12.1 Å². The summed E-state index contributed by atoms with van der Waals surface area (Å²) in [5.41, 5.74) is 2.09. The Hall–Kier alpha value is -1.11. The minimum Gasteiger partial charge on any atom is -0.395 e. The lowest BCUT2D eigenvalue weighted by Gasteiger charge is -2.36. The zero-order chi connectivity index (χ0) is 14.2. The lowest BCUT2D eigenvalue weighted by molar-refractivity contribution is 0.178. The molecular formula is C14H20N2O3S. The van der Waals surface area contributed by atoms with Crippen molar-refractivity contribution < 1.29 is 13.5 Å². The van der Waals surface area contributed by atoms with E-state index in [1.165, 1.54) is 4.31 Å². The van der Waals surface area contributed by atoms with Crippen LogP contribution in [0, 0.1) is 0 Å². The molecule has 1 aliphatic heterocycles. The molecule has 1 aromatic carbocycles. The Bertz CT molecular complexity index is 596. The number of anilines is 1. The molecule has 0 radical (unpaired) electrons. The van der Waals surface area contributed by atoms with Gasteiger partial charge >= 0.3 is 0 Å². The molecule has 1 heterocycles. The molecule has 0 aromatic heterocycles. The van der Waals surface area contributed by atoms with Gasteiger partial charge in [-0.1, -0.05) is 6.42 Å². The fraction of sp³-hybridized carbons (Fsp3) is 0.571. The Labute approximate surface area is 119 Å². The Morgan fingerprint density at radius 1 is 1.35 bits per heavy atom. The van der Waals surface area contributed by atoms with Crippen LogP contribution in [0.15, 0.2) is 23.1 Å². The van der Waals surface area contributed by atoms with Gasteiger partial charge in [0.25, 0.3) is 0 Å². The van der Waals surface area contributed by atoms with E-state index in [-0.39, 0.29) is 19.2 Å². The van der Waals surface area contributed by atoms with Crippen molar-refractivity contribution in [3.63, 3.8) is 0 Å². The van der Waals surface area contributed by atoms with Gasteiger partial charge in [0.15, 0.2) is 0 Å². The van der Waals surface area contributed by atoms with Crippen LogP contribution >= 0.6 is 0 Å². The summed E-state index contributed by atoms with van der Waals surface area (Å²) in [5, 5.41) is 12.4. The summed E-state index contributed by atoms with van der Waals surface area (Å²) in [7, 11) is -3.50. The van der Waals surface area contributed by atoms with Gasteiger partial charge in [-0.2, -0.15) is 4.31 Å². The predicted molar refractivity (Wildman–Crippen MR) is 77.3 cm³/mol. The van der Waals surface area contributed by atoms with Crippen molar-refractivity contribution >= 4 is 15.7 Å². The molecule has 1 aromatic rings. The van der Waals surface area contributed by atoms with Gasteiger partial charge in [-0.25, -0.2) is 8.42 Å². The summed E-state index contributed by atoms with van der Waals surface area (Å²) in [4.78, 5) is 0.347. The average molecular weight is 296 g/mol. The van der Waals surface area contributed by atoms with E-state index in [9.17, 15) is 8.42 Å². The first kappa shape index (κ1) is 13.9. The van der Waals surface area contributed by atoms with Crippen LogP contribution < -0.4 is 5.32 Å². The first-order valence-electron chi connectivity index (χ1n) is 7.12. The molecule has 0 saturated heterocycles. The smallest absolute Gasteiger partial charge is 0.243 e. The van der Waals surface area contributed by atoms with Crippen molar-refractivity contribution in [2.75, 3.05) is 25.0 Å². The number of rotatable bonds is 5. The van der Waals surface area contributed by atoms with E-state index in [0.717, 1.165) is 43.5 Å². The van der Waals surface area contributed by atoms with Gasteiger partial charge in [0, 0.05) is 24.8 Å². The number of sulfonamides is 1. The van der Waals surface area contributed by atoms with E-state index in [4.69, 9.17) is 5.11 Å². The molecule has 110 valence electrons. The summed E-state index contributed by atoms with van der Waals surface area (Å²) in [6.07, 6.45) is 3.72. The zero-order valence-corrected chi connectivity index (χ0v) is 12.2. The summed E-state index contributed by atoms with van der Waals surface area (Å²) < 4.78 is 27.0. The van der Waals surface area contributed by atoms with E-state index < -0.39 is 10.0 Å². The minimum atomic E-state index is -3.50. The van der Waals surface area contributed by atoms with Crippen LogP contribution in [0.25, 0.3) is 0 Å². The molecule has 3 rings (SSSR count). The first-order valence-corrected chi connectivity index (χ1v) is 8.56. The number of benzene rings is 1. The molecule has 0 spiro atoms. The largest absolute Gasteiger partial charge is 0.395 e. The van der Waals surface area contributed by atoms with Gasteiger partial charge in [0.05, 0.1) is 11.5 Å². The summed E-state index contributed by atoms with van der Waals surface area (Å²) in [6, 6.07) is 5.33. The van der Waals surface area contributed by atoms with Crippen LogP contribution in [-0.4, -0.2) is 43.6 Å². The van der Waals surface area contributed by atoms with E-state index >= 15 is 0 Å². The molecule has 0 bridgehead atoms. The molecule has 20 heavy (non-hydrogen) atoms. The molecular weight excluding hydrogens is 276 g/mol. The monoisotopic (exact) mass is 296 g/mol. The average Bonchev–Trinajstić information content (AvgIpc) is 2.83. The molecule has 2 N–H and O–H groups in total. The second-order valence-electron chi connectivity index (χ2n) is 5.42. The molecule has 5 nitrogen and oxygen atoms in total.